The van der Waals surface area contributed by atoms with Gasteiger partial charge in [-0.1, -0.05) is 19.1 Å². The van der Waals surface area contributed by atoms with Gasteiger partial charge >= 0.3 is 0 Å². The summed E-state index contributed by atoms with van der Waals surface area (Å²) in [6, 6.07) is 8.41. The molecule has 2 rings (SSSR count). The van der Waals surface area contributed by atoms with Crippen LogP contribution in [0.25, 0.3) is 0 Å². The van der Waals surface area contributed by atoms with Crippen molar-refractivity contribution in [3.05, 3.63) is 47.3 Å². The van der Waals surface area contributed by atoms with E-state index in [1.54, 1.807) is 0 Å². The Morgan fingerprint density at radius 2 is 2.15 bits per heavy atom. The first kappa shape index (κ1) is 14.6. The summed E-state index contributed by atoms with van der Waals surface area (Å²) in [4.78, 5) is 0. The highest BCUT2D eigenvalue weighted by Gasteiger charge is 2.18. The minimum atomic E-state index is 0.147. The third kappa shape index (κ3) is 3.20. The number of rotatable bonds is 6. The first-order valence-electron chi connectivity index (χ1n) is 7.12. The molecule has 4 heteroatoms. The van der Waals surface area contributed by atoms with Crippen LogP contribution in [0, 0.1) is 6.92 Å². The standard InChI is InChI=1S/C16H23N3O/c1-5-17-16(15-11-19(4)18-12(15)3)13-8-7-9-14(10-13)20-6-2/h7-11,16-17H,5-6H2,1-4H3. The Hall–Kier alpha value is -1.81. The summed E-state index contributed by atoms with van der Waals surface area (Å²) in [6.45, 7) is 7.75. The van der Waals surface area contributed by atoms with Crippen LogP contribution in [-0.2, 0) is 7.05 Å². The Kier molecular flexibility index (Phi) is 4.79. The molecule has 1 atom stereocenters. The fraction of sp³-hybridized carbons (Fsp3) is 0.438. The SMILES string of the molecule is CCNC(c1cccc(OCC)c1)c1cn(C)nc1C. The molecular weight excluding hydrogens is 250 g/mol. The van der Waals surface area contributed by atoms with Gasteiger partial charge in [0.25, 0.3) is 0 Å². The molecule has 0 aliphatic carbocycles. The highest BCUT2D eigenvalue weighted by molar-refractivity contribution is 5.37. The molecule has 0 saturated heterocycles. The van der Waals surface area contributed by atoms with Gasteiger partial charge < -0.3 is 10.1 Å². The maximum Gasteiger partial charge on any atom is 0.119 e. The van der Waals surface area contributed by atoms with Gasteiger partial charge in [0.15, 0.2) is 0 Å². The van der Waals surface area contributed by atoms with Crippen molar-refractivity contribution < 1.29 is 4.74 Å². The summed E-state index contributed by atoms with van der Waals surface area (Å²) in [5.41, 5.74) is 3.47. The predicted molar refractivity (Wildman–Crippen MR) is 81.1 cm³/mol. The molecule has 1 unspecified atom stereocenters. The van der Waals surface area contributed by atoms with Crippen LogP contribution in [0.5, 0.6) is 5.75 Å². The Balaban J connectivity index is 2.37. The van der Waals surface area contributed by atoms with Crippen LogP contribution in [0.3, 0.4) is 0 Å². The molecule has 20 heavy (non-hydrogen) atoms. The molecule has 1 aromatic carbocycles. The van der Waals surface area contributed by atoms with E-state index in [1.165, 1.54) is 11.1 Å². The number of hydrogen-bond donors (Lipinski definition) is 1. The van der Waals surface area contributed by atoms with Crippen molar-refractivity contribution in [2.45, 2.75) is 26.8 Å². The van der Waals surface area contributed by atoms with Gasteiger partial charge in [-0.15, -0.1) is 0 Å². The van der Waals surface area contributed by atoms with E-state index in [9.17, 15) is 0 Å². The molecule has 1 heterocycles. The normalized spacial score (nSPS) is 12.4. The van der Waals surface area contributed by atoms with Crippen molar-refractivity contribution in [2.75, 3.05) is 13.2 Å². The average molecular weight is 273 g/mol. The lowest BCUT2D eigenvalue weighted by atomic mass is 9.99. The van der Waals surface area contributed by atoms with Crippen molar-refractivity contribution in [1.29, 1.82) is 0 Å². The number of aromatic nitrogens is 2. The molecule has 108 valence electrons. The Morgan fingerprint density at radius 3 is 2.75 bits per heavy atom. The minimum absolute atomic E-state index is 0.147. The van der Waals surface area contributed by atoms with Crippen LogP contribution < -0.4 is 10.1 Å². The average Bonchev–Trinajstić information content (AvgIpc) is 2.75. The number of nitrogens with zero attached hydrogens (tertiary/aromatic N) is 2. The number of nitrogens with one attached hydrogen (secondary N) is 1. The third-order valence-corrected chi connectivity index (χ3v) is 3.27. The number of aryl methyl sites for hydroxylation is 2. The van der Waals surface area contributed by atoms with Crippen molar-refractivity contribution in [1.82, 2.24) is 15.1 Å². The lowest BCUT2D eigenvalue weighted by Crippen LogP contribution is -2.22. The van der Waals surface area contributed by atoms with E-state index in [0.29, 0.717) is 6.61 Å². The third-order valence-electron chi connectivity index (χ3n) is 3.27. The van der Waals surface area contributed by atoms with Crippen molar-refractivity contribution >= 4 is 0 Å². The van der Waals surface area contributed by atoms with E-state index in [1.807, 2.05) is 37.7 Å². The second-order valence-electron chi connectivity index (χ2n) is 4.84. The van der Waals surface area contributed by atoms with Gasteiger partial charge in [0.2, 0.25) is 0 Å². The Morgan fingerprint density at radius 1 is 1.35 bits per heavy atom. The molecule has 2 aromatic rings. The fourth-order valence-corrected chi connectivity index (χ4v) is 2.46. The molecule has 0 spiro atoms. The van der Waals surface area contributed by atoms with Crippen LogP contribution >= 0.6 is 0 Å². The largest absolute Gasteiger partial charge is 0.494 e. The van der Waals surface area contributed by atoms with E-state index in [2.05, 4.69) is 35.7 Å². The minimum Gasteiger partial charge on any atom is -0.494 e. The quantitative estimate of drug-likeness (QED) is 0.879. The first-order valence-corrected chi connectivity index (χ1v) is 7.12. The smallest absolute Gasteiger partial charge is 0.119 e. The molecule has 1 N–H and O–H groups in total. The van der Waals surface area contributed by atoms with Gasteiger partial charge in [0.05, 0.1) is 18.3 Å². The van der Waals surface area contributed by atoms with E-state index in [-0.39, 0.29) is 6.04 Å². The van der Waals surface area contributed by atoms with Gasteiger partial charge in [0, 0.05) is 18.8 Å². The summed E-state index contributed by atoms with van der Waals surface area (Å²) in [5, 5.41) is 7.97. The molecule has 0 radical (unpaired) electrons. The summed E-state index contributed by atoms with van der Waals surface area (Å²) in [5.74, 6) is 0.912. The van der Waals surface area contributed by atoms with Gasteiger partial charge in [0.1, 0.15) is 5.75 Å². The molecule has 0 aliphatic heterocycles. The first-order chi connectivity index (χ1) is 9.65. The van der Waals surface area contributed by atoms with Crippen molar-refractivity contribution in [3.8, 4) is 5.75 Å². The molecule has 0 amide bonds. The van der Waals surface area contributed by atoms with E-state index >= 15 is 0 Å². The highest BCUT2D eigenvalue weighted by atomic mass is 16.5. The maximum atomic E-state index is 5.60. The van der Waals surface area contributed by atoms with Gasteiger partial charge in [-0.3, -0.25) is 4.68 Å². The molecule has 0 saturated carbocycles. The Labute approximate surface area is 120 Å². The molecule has 0 fully saturated rings. The molecular formula is C16H23N3O. The van der Waals surface area contributed by atoms with Crippen LogP contribution in [0.15, 0.2) is 30.5 Å². The lowest BCUT2D eigenvalue weighted by Gasteiger charge is -2.18. The van der Waals surface area contributed by atoms with Crippen LogP contribution in [0.2, 0.25) is 0 Å². The van der Waals surface area contributed by atoms with Crippen LogP contribution in [-0.4, -0.2) is 22.9 Å². The number of benzene rings is 1. The second-order valence-corrected chi connectivity index (χ2v) is 4.84. The van der Waals surface area contributed by atoms with Crippen LogP contribution in [0.1, 0.15) is 36.7 Å². The molecule has 0 bridgehead atoms. The monoisotopic (exact) mass is 273 g/mol. The van der Waals surface area contributed by atoms with Crippen LogP contribution in [0.4, 0.5) is 0 Å². The Bertz CT molecular complexity index is 563. The van der Waals surface area contributed by atoms with Gasteiger partial charge in [-0.05, 0) is 38.1 Å². The predicted octanol–water partition coefficient (Wildman–Crippen LogP) is 2.83. The van der Waals surface area contributed by atoms with E-state index in [4.69, 9.17) is 4.74 Å². The maximum absolute atomic E-state index is 5.60. The second kappa shape index (κ2) is 6.57. The fourth-order valence-electron chi connectivity index (χ4n) is 2.46. The van der Waals surface area contributed by atoms with Crippen molar-refractivity contribution in [2.24, 2.45) is 7.05 Å². The summed E-state index contributed by atoms with van der Waals surface area (Å²) in [7, 11) is 1.95. The zero-order chi connectivity index (χ0) is 14.5. The topological polar surface area (TPSA) is 39.1 Å². The number of ether oxygens (including phenoxy) is 1. The molecule has 0 aliphatic rings. The lowest BCUT2D eigenvalue weighted by molar-refractivity contribution is 0.339. The summed E-state index contributed by atoms with van der Waals surface area (Å²) in [6.07, 6.45) is 2.08. The number of hydrogen-bond acceptors (Lipinski definition) is 3. The molecule has 1 aromatic heterocycles. The van der Waals surface area contributed by atoms with Crippen molar-refractivity contribution in [3.63, 3.8) is 0 Å². The summed E-state index contributed by atoms with van der Waals surface area (Å²) >= 11 is 0. The van der Waals surface area contributed by atoms with E-state index < -0.39 is 0 Å². The zero-order valence-corrected chi connectivity index (χ0v) is 12.7. The van der Waals surface area contributed by atoms with E-state index in [0.717, 1.165) is 18.0 Å². The van der Waals surface area contributed by atoms with Gasteiger partial charge in [-0.25, -0.2) is 0 Å². The highest BCUT2D eigenvalue weighted by Crippen LogP contribution is 2.26. The molecule has 4 nitrogen and oxygen atoms in total. The van der Waals surface area contributed by atoms with Gasteiger partial charge in [-0.2, -0.15) is 5.10 Å². The summed E-state index contributed by atoms with van der Waals surface area (Å²) < 4.78 is 7.46. The zero-order valence-electron chi connectivity index (χ0n) is 12.7.